The zero-order chi connectivity index (χ0) is 8.65. The monoisotopic (exact) mass is 392 g/mol. The van der Waals surface area contributed by atoms with Crippen LogP contribution in [-0.2, 0) is 4.74 Å². The Morgan fingerprint density at radius 2 is 2.25 bits per heavy atom. The number of halogens is 2. The van der Waals surface area contributed by atoms with Crippen molar-refractivity contribution in [3.63, 3.8) is 0 Å². The van der Waals surface area contributed by atoms with Crippen molar-refractivity contribution in [2.24, 2.45) is 0 Å². The van der Waals surface area contributed by atoms with Gasteiger partial charge in [-0.1, -0.05) is 36.4 Å². The Bertz CT molecular complexity index is 207. The van der Waals surface area contributed by atoms with E-state index in [0.717, 1.165) is 12.4 Å². The summed E-state index contributed by atoms with van der Waals surface area (Å²) < 4.78 is 10.3. The molecule has 0 saturated heterocycles. The van der Waals surface area contributed by atoms with Crippen molar-refractivity contribution >= 4 is 33.2 Å². The topological polar surface area (TPSA) is 9.23 Å². The van der Waals surface area contributed by atoms with Crippen LogP contribution in [0.3, 0.4) is 0 Å². The van der Waals surface area contributed by atoms with Gasteiger partial charge in [-0.05, 0) is 33.2 Å². The largest absolute Gasteiger partial charge is 0.493 e. The van der Waals surface area contributed by atoms with Gasteiger partial charge in [0.15, 0.2) is 0 Å². The number of hydrogen-bond donors (Lipinski definition) is 0. The van der Waals surface area contributed by atoms with Gasteiger partial charge in [-0.3, -0.25) is 0 Å². The van der Waals surface area contributed by atoms with E-state index in [2.05, 4.69) is 21.2 Å². The smallest absolute Gasteiger partial charge is 0.125 e. The summed E-state index contributed by atoms with van der Waals surface area (Å²) in [6.07, 6.45) is 5.92. The maximum absolute atomic E-state index is 5.60. The molecule has 12 heavy (non-hydrogen) atoms. The maximum atomic E-state index is 5.60. The molecular weight excluding hydrogens is 378 g/mol. The molecule has 0 N–H and O–H groups in total. The molecule has 0 atom stereocenters. The van der Waals surface area contributed by atoms with E-state index in [4.69, 9.17) is 4.74 Å². The molecule has 0 spiro atoms. The van der Waals surface area contributed by atoms with Gasteiger partial charge in [0.25, 0.3) is 0 Å². The molecule has 0 unspecified atom stereocenters. The maximum Gasteiger partial charge on any atom is 0.125 e. The van der Waals surface area contributed by atoms with E-state index in [9.17, 15) is 0 Å². The van der Waals surface area contributed by atoms with Gasteiger partial charge in [-0.25, -0.2) is 0 Å². The summed E-state index contributed by atoms with van der Waals surface area (Å²) in [6, 6.07) is 0. The molecule has 1 nitrogen and oxygen atoms in total. The molecule has 0 aromatic rings. The molecule has 3 heteroatoms. The molecular formula is C9H14I2O. The van der Waals surface area contributed by atoms with Crippen molar-refractivity contribution in [3.05, 3.63) is 20.0 Å². The van der Waals surface area contributed by atoms with Crippen molar-refractivity contribution < 1.29 is 4.74 Å². The van der Waals surface area contributed by atoms with Crippen LogP contribution in [0.4, 0.5) is 0 Å². The minimum Gasteiger partial charge on any atom is -0.493 e. The van der Waals surface area contributed by atoms with Crippen molar-refractivity contribution in [3.8, 4) is 0 Å². The Kier molecular flexibility index (Phi) is 6.47. The number of unbranched alkanes of at least 4 members (excludes halogenated alkanes) is 2. The third kappa shape index (κ3) is 4.69. The second-order valence-corrected chi connectivity index (χ2v) is 11.1. The fraction of sp³-hybridized carbons (Fsp3) is 0.556. The molecule has 70 valence electrons. The number of allylic oxidation sites excluding steroid dienone is 1. The van der Waals surface area contributed by atoms with E-state index < -0.39 is 0 Å². The van der Waals surface area contributed by atoms with Crippen molar-refractivity contribution in [2.45, 2.75) is 26.2 Å². The fourth-order valence-corrected chi connectivity index (χ4v) is 6.67. The SMILES string of the molecule is CCCCCOC1=CI=IC=C1. The van der Waals surface area contributed by atoms with Crippen LogP contribution in [0.5, 0.6) is 0 Å². The van der Waals surface area contributed by atoms with Crippen LogP contribution in [0.1, 0.15) is 26.2 Å². The highest BCUT2D eigenvalue weighted by molar-refractivity contribution is 14.8. The van der Waals surface area contributed by atoms with Crippen LogP contribution in [-0.4, -0.2) is 6.61 Å². The molecule has 1 rings (SSSR count). The minimum absolute atomic E-state index is 0.385. The van der Waals surface area contributed by atoms with Gasteiger partial charge < -0.3 is 4.74 Å². The molecule has 0 aromatic heterocycles. The summed E-state index contributed by atoms with van der Waals surface area (Å²) in [5, 5.41) is 0. The van der Waals surface area contributed by atoms with Crippen molar-refractivity contribution in [1.82, 2.24) is 0 Å². The lowest BCUT2D eigenvalue weighted by atomic mass is 10.3. The first-order valence-corrected chi connectivity index (χ1v) is 13.0. The highest BCUT2D eigenvalue weighted by Gasteiger charge is 1.94. The third-order valence-corrected chi connectivity index (χ3v) is 8.47. The lowest BCUT2D eigenvalue weighted by Crippen LogP contribution is -1.92. The molecule has 0 amide bonds. The van der Waals surface area contributed by atoms with E-state index in [-0.39, 0.29) is 0 Å². The molecule has 0 aromatic carbocycles. The summed E-state index contributed by atoms with van der Waals surface area (Å²) in [7, 11) is 0. The zero-order valence-corrected chi connectivity index (χ0v) is 11.5. The number of hydrogen-bond acceptors (Lipinski definition) is 1. The van der Waals surface area contributed by atoms with Crippen LogP contribution in [0, 0.1) is 0 Å². The molecule has 1 heterocycles. The van der Waals surface area contributed by atoms with Crippen LogP contribution < -0.4 is 0 Å². The summed E-state index contributed by atoms with van der Waals surface area (Å²) >= 11 is 0.822. The number of rotatable bonds is 5. The first kappa shape index (κ1) is 10.8. The molecule has 1 aliphatic heterocycles. The average Bonchev–Trinajstić information content (AvgIpc) is 2.14. The van der Waals surface area contributed by atoms with Crippen LogP contribution >= 0.6 is 33.2 Å². The first-order valence-electron chi connectivity index (χ1n) is 4.19. The third-order valence-electron chi connectivity index (χ3n) is 1.49. The van der Waals surface area contributed by atoms with Gasteiger partial charge in [-0.15, -0.1) is 0 Å². The Labute approximate surface area is 89.9 Å². The van der Waals surface area contributed by atoms with Gasteiger partial charge in [0, 0.05) is 4.08 Å². The second kappa shape index (κ2) is 7.17. The van der Waals surface area contributed by atoms with E-state index in [1.165, 1.54) is 19.3 Å². The summed E-state index contributed by atoms with van der Waals surface area (Å²) in [5.41, 5.74) is 0. The van der Waals surface area contributed by atoms with E-state index in [1.54, 1.807) is 0 Å². The number of ether oxygens (including phenoxy) is 1. The molecule has 0 bridgehead atoms. The second-order valence-electron chi connectivity index (χ2n) is 2.52. The van der Waals surface area contributed by atoms with Gasteiger partial charge in [0.2, 0.25) is 0 Å². The summed E-state index contributed by atoms with van der Waals surface area (Å²) in [4.78, 5) is 0. The quantitative estimate of drug-likeness (QED) is 0.498. The van der Waals surface area contributed by atoms with Crippen LogP contribution in [0.2, 0.25) is 0 Å². The van der Waals surface area contributed by atoms with Gasteiger partial charge >= 0.3 is 0 Å². The Morgan fingerprint density at radius 3 is 2.92 bits per heavy atom. The standard InChI is InChI=1S/C9H14I2O/c1-2-3-4-7-12-9-5-6-10-11-8-9/h5-6,8H,2-4,7H2,1H3. The normalized spacial score (nSPS) is 15.9. The molecule has 1 aliphatic rings. The van der Waals surface area contributed by atoms with Crippen LogP contribution in [0.15, 0.2) is 20.0 Å². The highest BCUT2D eigenvalue weighted by atomic mass is 128. The average molecular weight is 392 g/mol. The lowest BCUT2D eigenvalue weighted by Gasteiger charge is -2.06. The van der Waals surface area contributed by atoms with Gasteiger partial charge in [-0.2, -0.15) is 0 Å². The molecule has 0 radical (unpaired) electrons. The van der Waals surface area contributed by atoms with Crippen molar-refractivity contribution in [2.75, 3.05) is 6.61 Å². The van der Waals surface area contributed by atoms with Crippen molar-refractivity contribution in [1.29, 1.82) is 0 Å². The molecule has 0 saturated carbocycles. The predicted octanol–water partition coefficient (Wildman–Crippen LogP) is 4.42. The zero-order valence-electron chi connectivity index (χ0n) is 7.22. The van der Waals surface area contributed by atoms with E-state index >= 15 is 0 Å². The Hall–Kier alpha value is 0.740. The van der Waals surface area contributed by atoms with E-state index in [0.29, 0.717) is 33.2 Å². The Morgan fingerprint density at radius 1 is 1.33 bits per heavy atom. The van der Waals surface area contributed by atoms with Crippen LogP contribution in [0.25, 0.3) is 0 Å². The van der Waals surface area contributed by atoms with Gasteiger partial charge in [0.1, 0.15) is 5.76 Å². The van der Waals surface area contributed by atoms with Gasteiger partial charge in [0.05, 0.1) is 6.61 Å². The summed E-state index contributed by atoms with van der Waals surface area (Å²) in [5.74, 6) is 1.14. The Balaban J connectivity index is 2.11. The lowest BCUT2D eigenvalue weighted by molar-refractivity contribution is 0.219. The summed E-state index contributed by atoms with van der Waals surface area (Å²) in [6.45, 7) is 3.13. The van der Waals surface area contributed by atoms with E-state index in [1.807, 2.05) is 0 Å². The minimum atomic E-state index is 0.385. The predicted molar refractivity (Wildman–Crippen MR) is 70.7 cm³/mol. The fourth-order valence-electron chi connectivity index (χ4n) is 0.836. The molecule has 0 fully saturated rings. The first-order chi connectivity index (χ1) is 5.93. The molecule has 0 aliphatic carbocycles. The highest BCUT2D eigenvalue weighted by Crippen LogP contribution is 2.27.